The first kappa shape index (κ1) is 8.14. The highest BCUT2D eigenvalue weighted by molar-refractivity contribution is 5.02. The maximum Gasteiger partial charge on any atom is 0.125 e. The van der Waals surface area contributed by atoms with Crippen molar-refractivity contribution in [3.8, 4) is 0 Å². The van der Waals surface area contributed by atoms with Gasteiger partial charge in [0.15, 0.2) is 0 Å². The van der Waals surface area contributed by atoms with Crippen molar-refractivity contribution in [1.29, 1.82) is 0 Å². The standard InChI is InChI=1S/C8H13N3/c1-6(9)5-8-3-4-10-7(2)11-8/h3-4,6H,5,9H2,1-2H3. The fraction of sp³-hybridized carbons (Fsp3) is 0.500. The molecule has 0 aromatic carbocycles. The van der Waals surface area contributed by atoms with Crippen LogP contribution >= 0.6 is 0 Å². The van der Waals surface area contributed by atoms with Gasteiger partial charge in [-0.1, -0.05) is 0 Å². The third-order valence-electron chi connectivity index (χ3n) is 1.36. The Hall–Kier alpha value is -0.960. The zero-order valence-electron chi connectivity index (χ0n) is 6.91. The zero-order valence-corrected chi connectivity index (χ0v) is 6.91. The van der Waals surface area contributed by atoms with Gasteiger partial charge in [-0.05, 0) is 19.9 Å². The van der Waals surface area contributed by atoms with Crippen LogP contribution in [0.5, 0.6) is 0 Å². The number of aromatic nitrogens is 2. The van der Waals surface area contributed by atoms with Gasteiger partial charge in [-0.2, -0.15) is 0 Å². The first-order valence-electron chi connectivity index (χ1n) is 3.72. The molecule has 1 atom stereocenters. The Morgan fingerprint density at radius 2 is 2.36 bits per heavy atom. The van der Waals surface area contributed by atoms with Crippen molar-refractivity contribution in [2.24, 2.45) is 5.73 Å². The molecule has 0 bridgehead atoms. The Morgan fingerprint density at radius 3 is 2.91 bits per heavy atom. The van der Waals surface area contributed by atoms with Gasteiger partial charge >= 0.3 is 0 Å². The largest absolute Gasteiger partial charge is 0.328 e. The van der Waals surface area contributed by atoms with Gasteiger partial charge in [0.1, 0.15) is 5.82 Å². The summed E-state index contributed by atoms with van der Waals surface area (Å²) in [6.45, 7) is 3.85. The van der Waals surface area contributed by atoms with Crippen molar-refractivity contribution >= 4 is 0 Å². The molecule has 0 aliphatic carbocycles. The minimum Gasteiger partial charge on any atom is -0.328 e. The van der Waals surface area contributed by atoms with Crippen LogP contribution in [0, 0.1) is 6.92 Å². The fourth-order valence-electron chi connectivity index (χ4n) is 0.949. The molecule has 1 heterocycles. The van der Waals surface area contributed by atoms with Gasteiger partial charge < -0.3 is 5.73 Å². The third kappa shape index (κ3) is 2.63. The lowest BCUT2D eigenvalue weighted by Crippen LogP contribution is -2.18. The first-order valence-corrected chi connectivity index (χ1v) is 3.72. The second kappa shape index (κ2) is 3.44. The molecule has 0 fully saturated rings. The highest BCUT2D eigenvalue weighted by atomic mass is 14.9. The van der Waals surface area contributed by atoms with Crippen LogP contribution < -0.4 is 5.73 Å². The summed E-state index contributed by atoms with van der Waals surface area (Å²) in [7, 11) is 0. The Morgan fingerprint density at radius 1 is 1.64 bits per heavy atom. The Labute approximate surface area is 66.7 Å². The van der Waals surface area contributed by atoms with Crippen molar-refractivity contribution in [1.82, 2.24) is 9.97 Å². The second-order valence-corrected chi connectivity index (χ2v) is 2.78. The average Bonchev–Trinajstić information content (AvgIpc) is 1.85. The molecule has 1 aromatic rings. The van der Waals surface area contributed by atoms with Gasteiger partial charge in [0.2, 0.25) is 0 Å². The topological polar surface area (TPSA) is 51.8 Å². The molecular formula is C8H13N3. The summed E-state index contributed by atoms with van der Waals surface area (Å²) < 4.78 is 0. The number of hydrogen-bond donors (Lipinski definition) is 1. The van der Waals surface area contributed by atoms with Crippen molar-refractivity contribution in [2.45, 2.75) is 26.3 Å². The Balaban J connectivity index is 2.71. The maximum atomic E-state index is 5.61. The molecular weight excluding hydrogens is 138 g/mol. The first-order chi connectivity index (χ1) is 5.18. The third-order valence-corrected chi connectivity index (χ3v) is 1.36. The summed E-state index contributed by atoms with van der Waals surface area (Å²) in [6.07, 6.45) is 2.59. The quantitative estimate of drug-likeness (QED) is 0.676. The molecule has 0 spiro atoms. The normalized spacial score (nSPS) is 13.0. The Kier molecular flexibility index (Phi) is 2.54. The zero-order chi connectivity index (χ0) is 8.27. The smallest absolute Gasteiger partial charge is 0.125 e. The SMILES string of the molecule is Cc1nccc(CC(C)N)n1. The molecule has 0 saturated heterocycles. The van der Waals surface area contributed by atoms with E-state index in [-0.39, 0.29) is 6.04 Å². The minimum absolute atomic E-state index is 0.171. The molecule has 1 rings (SSSR count). The molecule has 0 saturated carbocycles. The van der Waals surface area contributed by atoms with E-state index >= 15 is 0 Å². The molecule has 0 radical (unpaired) electrons. The summed E-state index contributed by atoms with van der Waals surface area (Å²) in [4.78, 5) is 8.22. The lowest BCUT2D eigenvalue weighted by atomic mass is 10.2. The van der Waals surface area contributed by atoms with E-state index in [0.717, 1.165) is 17.9 Å². The summed E-state index contributed by atoms with van der Waals surface area (Å²) in [6, 6.07) is 2.07. The van der Waals surface area contributed by atoms with Crippen LogP contribution in [0.1, 0.15) is 18.4 Å². The number of nitrogens with zero attached hydrogens (tertiary/aromatic N) is 2. The molecule has 0 aliphatic heterocycles. The van der Waals surface area contributed by atoms with Crippen LogP contribution in [0.25, 0.3) is 0 Å². The second-order valence-electron chi connectivity index (χ2n) is 2.78. The van der Waals surface area contributed by atoms with Crippen molar-refractivity contribution in [2.75, 3.05) is 0 Å². The van der Waals surface area contributed by atoms with E-state index in [1.165, 1.54) is 0 Å². The van der Waals surface area contributed by atoms with Crippen LogP contribution in [0.2, 0.25) is 0 Å². The summed E-state index contributed by atoms with van der Waals surface area (Å²) in [5.41, 5.74) is 6.63. The molecule has 1 aromatic heterocycles. The van der Waals surface area contributed by atoms with Gasteiger partial charge in [0.05, 0.1) is 0 Å². The van der Waals surface area contributed by atoms with E-state index < -0.39 is 0 Å². The molecule has 0 amide bonds. The van der Waals surface area contributed by atoms with E-state index in [2.05, 4.69) is 9.97 Å². The number of nitrogens with two attached hydrogens (primary N) is 1. The fourth-order valence-corrected chi connectivity index (χ4v) is 0.949. The molecule has 3 nitrogen and oxygen atoms in total. The lowest BCUT2D eigenvalue weighted by Gasteiger charge is -2.03. The van der Waals surface area contributed by atoms with E-state index in [9.17, 15) is 0 Å². The molecule has 2 N–H and O–H groups in total. The molecule has 11 heavy (non-hydrogen) atoms. The van der Waals surface area contributed by atoms with Gasteiger partial charge in [-0.25, -0.2) is 9.97 Å². The molecule has 0 aliphatic rings. The van der Waals surface area contributed by atoms with E-state index in [4.69, 9.17) is 5.73 Å². The average molecular weight is 151 g/mol. The summed E-state index contributed by atoms with van der Waals surface area (Å²) in [5, 5.41) is 0. The van der Waals surface area contributed by atoms with Crippen molar-refractivity contribution < 1.29 is 0 Å². The number of hydrogen-bond acceptors (Lipinski definition) is 3. The van der Waals surface area contributed by atoms with Crippen molar-refractivity contribution in [3.05, 3.63) is 23.8 Å². The van der Waals surface area contributed by atoms with Gasteiger partial charge in [-0.15, -0.1) is 0 Å². The van der Waals surface area contributed by atoms with Crippen LogP contribution in [-0.2, 0) is 6.42 Å². The van der Waals surface area contributed by atoms with E-state index in [1.54, 1.807) is 6.20 Å². The van der Waals surface area contributed by atoms with Gasteiger partial charge in [-0.3, -0.25) is 0 Å². The highest BCUT2D eigenvalue weighted by Crippen LogP contribution is 1.97. The lowest BCUT2D eigenvalue weighted by molar-refractivity contribution is 0.716. The van der Waals surface area contributed by atoms with Crippen LogP contribution in [0.15, 0.2) is 12.3 Å². The number of aryl methyl sites for hydroxylation is 1. The maximum absolute atomic E-state index is 5.61. The van der Waals surface area contributed by atoms with Crippen molar-refractivity contribution in [3.63, 3.8) is 0 Å². The van der Waals surface area contributed by atoms with E-state index in [1.807, 2.05) is 19.9 Å². The minimum atomic E-state index is 0.171. The summed E-state index contributed by atoms with van der Waals surface area (Å²) >= 11 is 0. The monoisotopic (exact) mass is 151 g/mol. The predicted octanol–water partition coefficient (Wildman–Crippen LogP) is 0.675. The van der Waals surface area contributed by atoms with Crippen LogP contribution in [-0.4, -0.2) is 16.0 Å². The number of rotatable bonds is 2. The summed E-state index contributed by atoms with van der Waals surface area (Å²) in [5.74, 6) is 0.808. The van der Waals surface area contributed by atoms with Crippen LogP contribution in [0.4, 0.5) is 0 Å². The van der Waals surface area contributed by atoms with Crippen LogP contribution in [0.3, 0.4) is 0 Å². The highest BCUT2D eigenvalue weighted by Gasteiger charge is 1.98. The molecule has 60 valence electrons. The van der Waals surface area contributed by atoms with Gasteiger partial charge in [0, 0.05) is 24.4 Å². The predicted molar refractivity (Wildman–Crippen MR) is 44.1 cm³/mol. The van der Waals surface area contributed by atoms with Gasteiger partial charge in [0.25, 0.3) is 0 Å². The van der Waals surface area contributed by atoms with E-state index in [0.29, 0.717) is 0 Å². The Bertz CT molecular complexity index is 233. The molecule has 1 unspecified atom stereocenters. The molecule has 3 heteroatoms.